The number of rotatable bonds is 7. The Bertz CT molecular complexity index is 768. The monoisotopic (exact) mass is 379 g/mol. The van der Waals surface area contributed by atoms with Gasteiger partial charge in [0, 0.05) is 10.7 Å². The van der Waals surface area contributed by atoms with E-state index < -0.39 is 0 Å². The first-order chi connectivity index (χ1) is 12.0. The highest BCUT2D eigenvalue weighted by Gasteiger charge is 2.14. The molecule has 0 aliphatic rings. The number of amides is 1. The number of aldehydes is 1. The van der Waals surface area contributed by atoms with Gasteiger partial charge in [0.05, 0.1) is 10.6 Å². The van der Waals surface area contributed by atoms with Gasteiger partial charge in [0.15, 0.2) is 12.9 Å². The van der Waals surface area contributed by atoms with Crippen molar-refractivity contribution in [2.75, 3.05) is 11.9 Å². The molecule has 0 unspecified atom stereocenters. The van der Waals surface area contributed by atoms with Crippen LogP contribution >= 0.6 is 23.2 Å². The Morgan fingerprint density at radius 3 is 2.36 bits per heavy atom. The van der Waals surface area contributed by atoms with Gasteiger partial charge in [0.2, 0.25) is 0 Å². The van der Waals surface area contributed by atoms with Gasteiger partial charge in [-0.3, -0.25) is 9.59 Å². The third-order valence-electron chi connectivity index (χ3n) is 3.77. The highest BCUT2D eigenvalue weighted by molar-refractivity contribution is 6.36. The SMILES string of the molecule is CCc1cccc(CC)c1NC(=O)COc1c(Cl)cc(Cl)cc1C=O. The summed E-state index contributed by atoms with van der Waals surface area (Å²) in [6, 6.07) is 8.85. The maximum atomic E-state index is 12.3. The Kier molecular flexibility index (Phi) is 6.85. The van der Waals surface area contributed by atoms with Gasteiger partial charge in [0.25, 0.3) is 5.91 Å². The molecule has 0 bridgehead atoms. The van der Waals surface area contributed by atoms with Gasteiger partial charge in [-0.05, 0) is 36.1 Å². The van der Waals surface area contributed by atoms with Crippen LogP contribution in [0.3, 0.4) is 0 Å². The van der Waals surface area contributed by atoms with Crippen LogP contribution in [0.25, 0.3) is 0 Å². The third kappa shape index (κ3) is 4.74. The minimum atomic E-state index is -0.321. The number of aryl methyl sites for hydroxylation is 2. The van der Waals surface area contributed by atoms with E-state index >= 15 is 0 Å². The molecule has 1 amide bonds. The molecule has 0 saturated carbocycles. The topological polar surface area (TPSA) is 55.4 Å². The lowest BCUT2D eigenvalue weighted by molar-refractivity contribution is -0.118. The van der Waals surface area contributed by atoms with E-state index in [2.05, 4.69) is 5.32 Å². The summed E-state index contributed by atoms with van der Waals surface area (Å²) in [5.74, 6) is -0.172. The summed E-state index contributed by atoms with van der Waals surface area (Å²) >= 11 is 11.9. The van der Waals surface area contributed by atoms with Crippen LogP contribution in [0.1, 0.15) is 35.3 Å². The Morgan fingerprint density at radius 2 is 1.80 bits per heavy atom. The second kappa shape index (κ2) is 8.88. The number of hydrogen-bond acceptors (Lipinski definition) is 3. The summed E-state index contributed by atoms with van der Waals surface area (Å²) in [5.41, 5.74) is 3.14. The van der Waals surface area contributed by atoms with Crippen molar-refractivity contribution in [3.63, 3.8) is 0 Å². The predicted octanol–water partition coefficient (Wildman–Crippen LogP) is 4.95. The van der Waals surface area contributed by atoms with Crippen molar-refractivity contribution in [3.05, 3.63) is 57.1 Å². The van der Waals surface area contributed by atoms with Crippen molar-refractivity contribution in [1.82, 2.24) is 0 Å². The van der Waals surface area contributed by atoms with E-state index in [1.807, 2.05) is 32.0 Å². The van der Waals surface area contributed by atoms with E-state index in [0.717, 1.165) is 29.7 Å². The number of anilines is 1. The molecule has 0 radical (unpaired) electrons. The van der Waals surface area contributed by atoms with E-state index in [4.69, 9.17) is 27.9 Å². The molecule has 0 aliphatic carbocycles. The van der Waals surface area contributed by atoms with E-state index in [0.29, 0.717) is 11.3 Å². The largest absolute Gasteiger partial charge is 0.481 e. The Morgan fingerprint density at radius 1 is 1.16 bits per heavy atom. The number of carbonyl (C=O) groups is 2. The molecule has 0 saturated heterocycles. The van der Waals surface area contributed by atoms with E-state index in [1.165, 1.54) is 12.1 Å². The minimum Gasteiger partial charge on any atom is -0.481 e. The fourth-order valence-corrected chi connectivity index (χ4v) is 3.10. The molecule has 2 aromatic carbocycles. The van der Waals surface area contributed by atoms with Crippen LogP contribution in [0.4, 0.5) is 5.69 Å². The van der Waals surface area contributed by atoms with Crippen LogP contribution in [0.2, 0.25) is 10.0 Å². The van der Waals surface area contributed by atoms with Crippen molar-refractivity contribution in [1.29, 1.82) is 0 Å². The summed E-state index contributed by atoms with van der Waals surface area (Å²) in [6.45, 7) is 3.80. The molecule has 25 heavy (non-hydrogen) atoms. The van der Waals surface area contributed by atoms with Gasteiger partial charge >= 0.3 is 0 Å². The average molecular weight is 380 g/mol. The Hall–Kier alpha value is -2.04. The molecule has 6 heteroatoms. The maximum Gasteiger partial charge on any atom is 0.262 e. The Balaban J connectivity index is 2.14. The van der Waals surface area contributed by atoms with Crippen molar-refractivity contribution < 1.29 is 14.3 Å². The first-order valence-electron chi connectivity index (χ1n) is 7.97. The third-order valence-corrected chi connectivity index (χ3v) is 4.27. The molecule has 0 aromatic heterocycles. The molecule has 2 aromatic rings. The fraction of sp³-hybridized carbons (Fsp3) is 0.263. The molecule has 0 fully saturated rings. The molecule has 4 nitrogen and oxygen atoms in total. The van der Waals surface area contributed by atoms with Crippen molar-refractivity contribution in [2.45, 2.75) is 26.7 Å². The highest BCUT2D eigenvalue weighted by Crippen LogP contribution is 2.31. The summed E-state index contributed by atoms with van der Waals surface area (Å²) < 4.78 is 5.46. The van der Waals surface area contributed by atoms with E-state index in [9.17, 15) is 9.59 Å². The molecule has 0 aliphatic heterocycles. The van der Waals surface area contributed by atoms with Crippen molar-refractivity contribution >= 4 is 41.1 Å². The van der Waals surface area contributed by atoms with Crippen LogP contribution in [0.15, 0.2) is 30.3 Å². The quantitative estimate of drug-likeness (QED) is 0.692. The normalized spacial score (nSPS) is 10.4. The summed E-state index contributed by atoms with van der Waals surface area (Å²) in [5, 5.41) is 3.41. The molecule has 0 atom stereocenters. The van der Waals surface area contributed by atoms with Gasteiger partial charge in [-0.2, -0.15) is 0 Å². The summed E-state index contributed by atoms with van der Waals surface area (Å²) in [7, 11) is 0. The number of para-hydroxylation sites is 1. The maximum absolute atomic E-state index is 12.3. The van der Waals surface area contributed by atoms with Crippen molar-refractivity contribution in [2.24, 2.45) is 0 Å². The molecular weight excluding hydrogens is 361 g/mol. The predicted molar refractivity (Wildman–Crippen MR) is 101 cm³/mol. The lowest BCUT2D eigenvalue weighted by atomic mass is 10.0. The van der Waals surface area contributed by atoms with Gasteiger partial charge in [-0.1, -0.05) is 55.2 Å². The zero-order valence-electron chi connectivity index (χ0n) is 14.1. The number of benzene rings is 2. The van der Waals surface area contributed by atoms with Crippen LogP contribution in [0, 0.1) is 0 Å². The fourth-order valence-electron chi connectivity index (χ4n) is 2.54. The van der Waals surface area contributed by atoms with Gasteiger partial charge in [0.1, 0.15) is 5.75 Å². The number of hydrogen-bond donors (Lipinski definition) is 1. The van der Waals surface area contributed by atoms with Crippen LogP contribution in [-0.2, 0) is 17.6 Å². The lowest BCUT2D eigenvalue weighted by Gasteiger charge is -2.15. The number of nitrogens with one attached hydrogen (secondary N) is 1. The average Bonchev–Trinajstić information content (AvgIpc) is 2.60. The number of ether oxygens (including phenoxy) is 1. The first-order valence-corrected chi connectivity index (χ1v) is 8.73. The Labute approximate surface area is 157 Å². The molecule has 0 spiro atoms. The zero-order chi connectivity index (χ0) is 18.4. The molecule has 0 heterocycles. The number of carbonyl (C=O) groups excluding carboxylic acids is 2. The summed E-state index contributed by atoms with van der Waals surface area (Å²) in [6.07, 6.45) is 2.21. The van der Waals surface area contributed by atoms with Crippen molar-refractivity contribution in [3.8, 4) is 5.75 Å². The molecular formula is C19H19Cl2NO3. The van der Waals surface area contributed by atoms with Crippen LogP contribution in [0.5, 0.6) is 5.75 Å². The smallest absolute Gasteiger partial charge is 0.262 e. The van der Waals surface area contributed by atoms with Gasteiger partial charge in [-0.25, -0.2) is 0 Å². The summed E-state index contributed by atoms with van der Waals surface area (Å²) in [4.78, 5) is 23.4. The number of halogens is 2. The second-order valence-electron chi connectivity index (χ2n) is 5.42. The van der Waals surface area contributed by atoms with E-state index in [1.54, 1.807) is 0 Å². The molecule has 2 rings (SSSR count). The van der Waals surface area contributed by atoms with Gasteiger partial charge in [-0.15, -0.1) is 0 Å². The highest BCUT2D eigenvalue weighted by atomic mass is 35.5. The van der Waals surface area contributed by atoms with Gasteiger partial charge < -0.3 is 10.1 Å². The molecule has 132 valence electrons. The van der Waals surface area contributed by atoms with Crippen LogP contribution in [-0.4, -0.2) is 18.8 Å². The second-order valence-corrected chi connectivity index (χ2v) is 6.26. The zero-order valence-corrected chi connectivity index (χ0v) is 15.6. The standard InChI is InChI=1S/C19H19Cl2NO3/c1-3-12-6-5-7-13(4-2)18(12)22-17(24)11-25-19-14(10-23)8-15(20)9-16(19)21/h5-10H,3-4,11H2,1-2H3,(H,22,24). The first kappa shape index (κ1) is 19.3. The van der Waals surface area contributed by atoms with Crippen LogP contribution < -0.4 is 10.1 Å². The minimum absolute atomic E-state index is 0.149. The van der Waals surface area contributed by atoms with E-state index in [-0.39, 0.29) is 28.8 Å². The lowest BCUT2D eigenvalue weighted by Crippen LogP contribution is -2.22. The molecule has 1 N–H and O–H groups in total.